The van der Waals surface area contributed by atoms with Crippen LogP contribution in [-0.4, -0.2) is 23.4 Å². The Balaban J connectivity index is 1.54. The summed E-state index contributed by atoms with van der Waals surface area (Å²) in [4.78, 5) is 26.0. The quantitative estimate of drug-likeness (QED) is 0.860. The third kappa shape index (κ3) is 5.09. The molecule has 0 aliphatic carbocycles. The minimum absolute atomic E-state index is 0.213. The molecule has 2 aromatic rings. The SMILES string of the molecule is Cc1cccc(CNC(=O)Nc2cccc(CN3CCCCC3=O)c2)c1. The fraction of sp³-hybridized carbons (Fsp3) is 0.333. The maximum atomic E-state index is 12.1. The first-order valence-electron chi connectivity index (χ1n) is 9.07. The Hall–Kier alpha value is -2.82. The van der Waals surface area contributed by atoms with E-state index in [-0.39, 0.29) is 11.9 Å². The summed E-state index contributed by atoms with van der Waals surface area (Å²) in [5.74, 6) is 0.213. The number of hydrogen-bond acceptors (Lipinski definition) is 2. The molecule has 3 amide bonds. The van der Waals surface area contributed by atoms with Gasteiger partial charge in [0.1, 0.15) is 0 Å². The van der Waals surface area contributed by atoms with Crippen molar-refractivity contribution in [1.29, 1.82) is 0 Å². The van der Waals surface area contributed by atoms with Gasteiger partial charge >= 0.3 is 6.03 Å². The van der Waals surface area contributed by atoms with Gasteiger partial charge in [0.05, 0.1) is 0 Å². The number of hydrogen-bond donors (Lipinski definition) is 2. The molecule has 0 bridgehead atoms. The number of aryl methyl sites for hydroxylation is 1. The first-order valence-corrected chi connectivity index (χ1v) is 9.07. The van der Waals surface area contributed by atoms with Crippen LogP contribution in [0.2, 0.25) is 0 Å². The van der Waals surface area contributed by atoms with Gasteiger partial charge in [0, 0.05) is 31.7 Å². The highest BCUT2D eigenvalue weighted by Gasteiger charge is 2.18. The Kier molecular flexibility index (Phi) is 5.89. The van der Waals surface area contributed by atoms with Gasteiger partial charge in [0.2, 0.25) is 5.91 Å². The number of benzene rings is 2. The first kappa shape index (κ1) is 18.0. The number of piperidine rings is 1. The van der Waals surface area contributed by atoms with Crippen molar-refractivity contribution >= 4 is 17.6 Å². The van der Waals surface area contributed by atoms with Crippen molar-refractivity contribution < 1.29 is 9.59 Å². The maximum absolute atomic E-state index is 12.1. The van der Waals surface area contributed by atoms with E-state index >= 15 is 0 Å². The molecule has 0 radical (unpaired) electrons. The second-order valence-electron chi connectivity index (χ2n) is 6.77. The first-order chi connectivity index (χ1) is 12.6. The summed E-state index contributed by atoms with van der Waals surface area (Å²) >= 11 is 0. The molecule has 26 heavy (non-hydrogen) atoms. The van der Waals surface area contributed by atoms with Gasteiger partial charge in [-0.3, -0.25) is 4.79 Å². The molecular weight excluding hydrogens is 326 g/mol. The van der Waals surface area contributed by atoms with Crippen molar-refractivity contribution in [1.82, 2.24) is 10.2 Å². The van der Waals surface area contributed by atoms with Gasteiger partial charge in [0.15, 0.2) is 0 Å². The van der Waals surface area contributed by atoms with Crippen molar-refractivity contribution in [2.75, 3.05) is 11.9 Å². The number of amides is 3. The molecule has 136 valence electrons. The van der Waals surface area contributed by atoms with Crippen LogP contribution in [0.25, 0.3) is 0 Å². The van der Waals surface area contributed by atoms with Gasteiger partial charge in [-0.05, 0) is 43.0 Å². The topological polar surface area (TPSA) is 61.4 Å². The predicted octanol–water partition coefficient (Wildman–Crippen LogP) is 3.83. The third-order valence-corrected chi connectivity index (χ3v) is 4.52. The number of anilines is 1. The summed E-state index contributed by atoms with van der Waals surface area (Å²) in [7, 11) is 0. The number of carbonyl (C=O) groups excluding carboxylic acids is 2. The van der Waals surface area contributed by atoms with Crippen LogP contribution in [-0.2, 0) is 17.9 Å². The standard InChI is InChI=1S/C21H25N3O2/c1-16-6-4-7-17(12-16)14-22-21(26)23-19-9-5-8-18(13-19)15-24-11-3-2-10-20(24)25/h4-9,12-13H,2-3,10-11,14-15H2,1H3,(H2,22,23,26). The molecule has 0 unspecified atom stereocenters. The zero-order valence-electron chi connectivity index (χ0n) is 15.1. The number of urea groups is 1. The normalized spacial score (nSPS) is 14.2. The fourth-order valence-corrected chi connectivity index (χ4v) is 3.18. The van der Waals surface area contributed by atoms with Gasteiger partial charge in [-0.2, -0.15) is 0 Å². The lowest BCUT2D eigenvalue weighted by molar-refractivity contribution is -0.133. The highest BCUT2D eigenvalue weighted by Crippen LogP contribution is 2.17. The van der Waals surface area contributed by atoms with E-state index < -0.39 is 0 Å². The number of rotatable bonds is 5. The fourth-order valence-electron chi connectivity index (χ4n) is 3.18. The van der Waals surface area contributed by atoms with E-state index in [1.807, 2.05) is 54.3 Å². The van der Waals surface area contributed by atoms with Crippen molar-refractivity contribution in [2.45, 2.75) is 39.3 Å². The van der Waals surface area contributed by atoms with Gasteiger partial charge in [0.25, 0.3) is 0 Å². The summed E-state index contributed by atoms with van der Waals surface area (Å²) < 4.78 is 0. The van der Waals surface area contributed by atoms with E-state index in [0.717, 1.165) is 36.2 Å². The van der Waals surface area contributed by atoms with Crippen LogP contribution < -0.4 is 10.6 Å². The summed E-state index contributed by atoms with van der Waals surface area (Å²) in [5.41, 5.74) is 3.99. The smallest absolute Gasteiger partial charge is 0.319 e. The molecule has 5 nitrogen and oxygen atoms in total. The molecule has 5 heteroatoms. The van der Waals surface area contributed by atoms with E-state index in [9.17, 15) is 9.59 Å². The summed E-state index contributed by atoms with van der Waals surface area (Å²) in [5, 5.41) is 5.73. The third-order valence-electron chi connectivity index (χ3n) is 4.52. The summed E-state index contributed by atoms with van der Waals surface area (Å²) in [6, 6.07) is 15.5. The van der Waals surface area contributed by atoms with E-state index in [2.05, 4.69) is 16.7 Å². The number of likely N-dealkylation sites (tertiary alicyclic amines) is 1. The van der Waals surface area contributed by atoms with Gasteiger partial charge in [-0.25, -0.2) is 4.79 Å². The van der Waals surface area contributed by atoms with Crippen LogP contribution in [0.1, 0.15) is 36.0 Å². The monoisotopic (exact) mass is 351 g/mol. The molecule has 1 aliphatic rings. The molecule has 2 N–H and O–H groups in total. The molecule has 3 rings (SSSR count). The molecule has 0 spiro atoms. The largest absolute Gasteiger partial charge is 0.338 e. The van der Waals surface area contributed by atoms with Crippen LogP contribution in [0.3, 0.4) is 0 Å². The highest BCUT2D eigenvalue weighted by atomic mass is 16.2. The second-order valence-corrected chi connectivity index (χ2v) is 6.77. The molecule has 0 atom stereocenters. The lowest BCUT2D eigenvalue weighted by Crippen LogP contribution is -2.34. The van der Waals surface area contributed by atoms with Crippen molar-refractivity contribution in [3.63, 3.8) is 0 Å². The molecule has 1 fully saturated rings. The van der Waals surface area contributed by atoms with Gasteiger partial charge in [-0.15, -0.1) is 0 Å². The lowest BCUT2D eigenvalue weighted by atomic mass is 10.1. The van der Waals surface area contributed by atoms with E-state index in [4.69, 9.17) is 0 Å². The molecular formula is C21H25N3O2. The summed E-state index contributed by atoms with van der Waals surface area (Å²) in [6.45, 7) is 3.92. The van der Waals surface area contributed by atoms with Crippen LogP contribution >= 0.6 is 0 Å². The molecule has 1 saturated heterocycles. The van der Waals surface area contributed by atoms with Crippen LogP contribution in [0.4, 0.5) is 10.5 Å². The molecule has 2 aromatic carbocycles. The van der Waals surface area contributed by atoms with Crippen molar-refractivity contribution in [3.05, 3.63) is 65.2 Å². The second kappa shape index (κ2) is 8.52. The zero-order valence-corrected chi connectivity index (χ0v) is 15.1. The van der Waals surface area contributed by atoms with Crippen LogP contribution in [0.15, 0.2) is 48.5 Å². The lowest BCUT2D eigenvalue weighted by Gasteiger charge is -2.26. The van der Waals surface area contributed by atoms with Gasteiger partial charge < -0.3 is 15.5 Å². The zero-order chi connectivity index (χ0) is 18.4. The van der Waals surface area contributed by atoms with Crippen molar-refractivity contribution in [3.8, 4) is 0 Å². The van der Waals surface area contributed by atoms with Crippen LogP contribution in [0.5, 0.6) is 0 Å². The molecule has 1 heterocycles. The van der Waals surface area contributed by atoms with E-state index in [1.54, 1.807) is 0 Å². The van der Waals surface area contributed by atoms with E-state index in [0.29, 0.717) is 19.5 Å². The Morgan fingerprint density at radius 2 is 1.88 bits per heavy atom. The van der Waals surface area contributed by atoms with Gasteiger partial charge in [-0.1, -0.05) is 42.0 Å². The Morgan fingerprint density at radius 1 is 1.08 bits per heavy atom. The molecule has 0 aromatic heterocycles. The minimum Gasteiger partial charge on any atom is -0.338 e. The number of carbonyl (C=O) groups is 2. The highest BCUT2D eigenvalue weighted by molar-refractivity contribution is 5.89. The summed E-state index contributed by atoms with van der Waals surface area (Å²) in [6.07, 6.45) is 2.68. The van der Waals surface area contributed by atoms with Crippen molar-refractivity contribution in [2.24, 2.45) is 0 Å². The number of nitrogens with zero attached hydrogens (tertiary/aromatic N) is 1. The average Bonchev–Trinajstić information content (AvgIpc) is 2.62. The Labute approximate surface area is 154 Å². The maximum Gasteiger partial charge on any atom is 0.319 e. The molecule has 1 aliphatic heterocycles. The Bertz CT molecular complexity index is 788. The van der Waals surface area contributed by atoms with E-state index in [1.165, 1.54) is 5.56 Å². The predicted molar refractivity (Wildman–Crippen MR) is 103 cm³/mol. The Morgan fingerprint density at radius 3 is 2.69 bits per heavy atom. The average molecular weight is 351 g/mol. The number of nitrogens with one attached hydrogen (secondary N) is 2. The minimum atomic E-state index is -0.238. The van der Waals surface area contributed by atoms with Crippen LogP contribution in [0, 0.1) is 6.92 Å². The molecule has 0 saturated carbocycles.